The van der Waals surface area contributed by atoms with Crippen LogP contribution < -0.4 is 15.5 Å². The van der Waals surface area contributed by atoms with Crippen LogP contribution in [0.3, 0.4) is 0 Å². The van der Waals surface area contributed by atoms with Crippen LogP contribution in [0.1, 0.15) is 18.0 Å². The van der Waals surface area contributed by atoms with Gasteiger partial charge in [-0.2, -0.15) is 5.10 Å². The summed E-state index contributed by atoms with van der Waals surface area (Å²) in [7, 11) is 5.61. The van der Waals surface area contributed by atoms with Crippen LogP contribution in [0.2, 0.25) is 0 Å². The van der Waals surface area contributed by atoms with Crippen LogP contribution in [-0.4, -0.2) is 48.3 Å². The first-order valence-corrected chi connectivity index (χ1v) is 9.51. The van der Waals surface area contributed by atoms with Crippen molar-refractivity contribution in [2.75, 3.05) is 27.7 Å². The molecule has 3 aromatic rings. The Kier molecular flexibility index (Phi) is 6.61. The average Bonchev–Trinajstić information content (AvgIpc) is 2.74. The van der Waals surface area contributed by atoms with E-state index in [9.17, 15) is 9.59 Å². The van der Waals surface area contributed by atoms with E-state index in [2.05, 4.69) is 15.3 Å². The number of para-hydroxylation sites is 1. The van der Waals surface area contributed by atoms with Gasteiger partial charge in [0.15, 0.2) is 0 Å². The number of nitrogens with zero attached hydrogens (tertiary/aromatic N) is 3. The minimum absolute atomic E-state index is 0.0520. The molecule has 3 rings (SSSR count). The lowest BCUT2D eigenvalue weighted by molar-refractivity contribution is -0.121. The number of aromatic nitrogens is 2. The Morgan fingerprint density at radius 1 is 1.17 bits per heavy atom. The molecule has 1 atom stereocenters. The van der Waals surface area contributed by atoms with Crippen molar-refractivity contribution in [1.29, 1.82) is 0 Å². The molecule has 0 aliphatic rings. The number of benzene rings is 2. The number of nitrogens with one attached hydrogen (secondary N) is 1. The summed E-state index contributed by atoms with van der Waals surface area (Å²) in [6.45, 7) is 0.901. The number of carbonyl (C=O) groups excluding carboxylic acids is 1. The molecule has 29 heavy (non-hydrogen) atoms. The molecule has 2 aromatic carbocycles. The highest BCUT2D eigenvalue weighted by Gasteiger charge is 2.15. The van der Waals surface area contributed by atoms with Gasteiger partial charge in [0.1, 0.15) is 5.75 Å². The van der Waals surface area contributed by atoms with E-state index in [4.69, 9.17) is 4.74 Å². The first-order chi connectivity index (χ1) is 14.0. The molecule has 0 aliphatic carbocycles. The van der Waals surface area contributed by atoms with Gasteiger partial charge in [0.25, 0.3) is 0 Å². The van der Waals surface area contributed by atoms with Crippen molar-refractivity contribution >= 4 is 16.8 Å². The number of carbonyl (C=O) groups is 1. The highest BCUT2D eigenvalue weighted by atomic mass is 16.5. The molecule has 0 saturated heterocycles. The van der Waals surface area contributed by atoms with Crippen molar-refractivity contribution in [3.8, 4) is 5.75 Å². The molecule has 152 valence electrons. The Balaban J connectivity index is 1.61. The topological polar surface area (TPSA) is 76.5 Å². The molecule has 0 bridgehead atoms. The third-order valence-electron chi connectivity index (χ3n) is 4.93. The lowest BCUT2D eigenvalue weighted by atomic mass is 10.1. The predicted octanol–water partition coefficient (Wildman–Crippen LogP) is 2.21. The number of fused-ring (bicyclic) bond motifs is 1. The summed E-state index contributed by atoms with van der Waals surface area (Å²) in [6.07, 6.45) is 1.58. The molecule has 1 heterocycles. The molecule has 1 N–H and O–H groups in total. The summed E-state index contributed by atoms with van der Waals surface area (Å²) < 4.78 is 6.91. The molecule has 0 fully saturated rings. The minimum Gasteiger partial charge on any atom is -0.497 e. The number of hydrogen-bond acceptors (Lipinski definition) is 5. The van der Waals surface area contributed by atoms with Gasteiger partial charge in [-0.15, -0.1) is 0 Å². The summed E-state index contributed by atoms with van der Waals surface area (Å²) in [6, 6.07) is 15.2. The number of hydrogen-bond donors (Lipinski definition) is 1. The summed E-state index contributed by atoms with van der Waals surface area (Å²) in [5.74, 6) is 0.742. The van der Waals surface area contributed by atoms with Gasteiger partial charge in [-0.05, 0) is 43.9 Å². The monoisotopic (exact) mass is 394 g/mol. The first-order valence-electron chi connectivity index (χ1n) is 9.51. The SMILES string of the molecule is COc1ccc(C(CNC(=O)CCn2ncc(=O)c3ccccc32)N(C)C)cc1. The minimum atomic E-state index is -0.116. The Hall–Kier alpha value is -3.19. The molecule has 0 saturated carbocycles. The number of methoxy groups -OCH3 is 1. The average molecular weight is 394 g/mol. The molecule has 1 amide bonds. The third-order valence-corrected chi connectivity index (χ3v) is 4.93. The van der Waals surface area contributed by atoms with Crippen LogP contribution in [-0.2, 0) is 11.3 Å². The Labute approximate surface area is 169 Å². The summed E-state index contributed by atoms with van der Waals surface area (Å²) in [5.41, 5.74) is 1.72. The van der Waals surface area contributed by atoms with Crippen LogP contribution in [0, 0.1) is 0 Å². The van der Waals surface area contributed by atoms with Gasteiger partial charge in [0.2, 0.25) is 11.3 Å². The van der Waals surface area contributed by atoms with Crippen LogP contribution in [0.15, 0.2) is 59.5 Å². The smallest absolute Gasteiger partial charge is 0.221 e. The molecule has 1 aromatic heterocycles. The van der Waals surface area contributed by atoms with Crippen LogP contribution in [0.5, 0.6) is 5.75 Å². The van der Waals surface area contributed by atoms with E-state index in [1.54, 1.807) is 17.9 Å². The van der Waals surface area contributed by atoms with Gasteiger partial charge in [-0.25, -0.2) is 0 Å². The molecule has 7 heteroatoms. The van der Waals surface area contributed by atoms with Crippen LogP contribution >= 0.6 is 0 Å². The van der Waals surface area contributed by atoms with Gasteiger partial charge in [-0.3, -0.25) is 14.3 Å². The van der Waals surface area contributed by atoms with Crippen molar-refractivity contribution in [2.24, 2.45) is 0 Å². The van der Waals surface area contributed by atoms with E-state index in [1.165, 1.54) is 6.20 Å². The van der Waals surface area contributed by atoms with E-state index in [0.717, 1.165) is 16.8 Å². The summed E-state index contributed by atoms with van der Waals surface area (Å²) in [4.78, 5) is 26.4. The second-order valence-electron chi connectivity index (χ2n) is 7.06. The number of aryl methyl sites for hydroxylation is 1. The number of likely N-dealkylation sites (N-methyl/N-ethyl adjacent to an activating group) is 1. The number of ether oxygens (including phenoxy) is 1. The zero-order valence-corrected chi connectivity index (χ0v) is 17.0. The van der Waals surface area contributed by atoms with Crippen molar-refractivity contribution in [1.82, 2.24) is 20.0 Å². The zero-order chi connectivity index (χ0) is 20.8. The quantitative estimate of drug-likeness (QED) is 0.634. The van der Waals surface area contributed by atoms with E-state index >= 15 is 0 Å². The molecular weight excluding hydrogens is 368 g/mol. The van der Waals surface area contributed by atoms with E-state index in [1.807, 2.05) is 56.6 Å². The molecule has 0 radical (unpaired) electrons. The van der Waals surface area contributed by atoms with Crippen molar-refractivity contribution in [3.63, 3.8) is 0 Å². The van der Waals surface area contributed by atoms with Gasteiger partial charge in [-0.1, -0.05) is 24.3 Å². The fourth-order valence-corrected chi connectivity index (χ4v) is 3.27. The Morgan fingerprint density at radius 2 is 1.90 bits per heavy atom. The predicted molar refractivity (Wildman–Crippen MR) is 113 cm³/mol. The first kappa shape index (κ1) is 20.5. The van der Waals surface area contributed by atoms with Gasteiger partial charge in [0.05, 0.1) is 31.4 Å². The van der Waals surface area contributed by atoms with Crippen molar-refractivity contribution < 1.29 is 9.53 Å². The second kappa shape index (κ2) is 9.34. The van der Waals surface area contributed by atoms with Gasteiger partial charge >= 0.3 is 0 Å². The van der Waals surface area contributed by atoms with Crippen molar-refractivity contribution in [3.05, 3.63) is 70.5 Å². The number of amides is 1. The van der Waals surface area contributed by atoms with E-state index in [0.29, 0.717) is 18.5 Å². The standard InChI is InChI=1S/C22H26N4O3/c1-25(2)20(16-8-10-17(29-3)11-9-16)14-23-22(28)12-13-26-19-7-5-4-6-18(19)21(27)15-24-26/h4-11,15,20H,12-14H2,1-3H3,(H,23,28). The Bertz CT molecular complexity index is 1030. The van der Waals surface area contributed by atoms with Crippen LogP contribution in [0.25, 0.3) is 10.9 Å². The summed E-state index contributed by atoms with van der Waals surface area (Å²) in [5, 5.41) is 7.78. The fourth-order valence-electron chi connectivity index (χ4n) is 3.27. The number of rotatable bonds is 8. The fraction of sp³-hybridized carbons (Fsp3) is 0.318. The molecule has 1 unspecified atom stereocenters. The maximum Gasteiger partial charge on any atom is 0.221 e. The Morgan fingerprint density at radius 3 is 2.59 bits per heavy atom. The zero-order valence-electron chi connectivity index (χ0n) is 17.0. The second-order valence-corrected chi connectivity index (χ2v) is 7.06. The van der Waals surface area contributed by atoms with E-state index in [-0.39, 0.29) is 23.8 Å². The van der Waals surface area contributed by atoms with E-state index < -0.39 is 0 Å². The van der Waals surface area contributed by atoms with Crippen LogP contribution in [0.4, 0.5) is 0 Å². The molecule has 7 nitrogen and oxygen atoms in total. The van der Waals surface area contributed by atoms with Crippen molar-refractivity contribution in [2.45, 2.75) is 19.0 Å². The summed E-state index contributed by atoms with van der Waals surface area (Å²) >= 11 is 0. The molecule has 0 aliphatic heterocycles. The lowest BCUT2D eigenvalue weighted by Gasteiger charge is -2.25. The largest absolute Gasteiger partial charge is 0.497 e. The highest BCUT2D eigenvalue weighted by Crippen LogP contribution is 2.20. The maximum atomic E-state index is 12.4. The molecular formula is C22H26N4O3. The van der Waals surface area contributed by atoms with Gasteiger partial charge < -0.3 is 15.0 Å². The third kappa shape index (κ3) is 5.00. The van der Waals surface area contributed by atoms with Gasteiger partial charge in [0, 0.05) is 18.4 Å². The normalized spacial score (nSPS) is 12.1. The highest BCUT2D eigenvalue weighted by molar-refractivity contribution is 5.79. The maximum absolute atomic E-state index is 12.4. The lowest BCUT2D eigenvalue weighted by Crippen LogP contribution is -2.35. The molecule has 0 spiro atoms.